The molecule has 0 radical (unpaired) electrons. The molecule has 29 heteroatoms. The van der Waals surface area contributed by atoms with Crippen LogP contribution < -0.4 is 20.4 Å². The van der Waals surface area contributed by atoms with Gasteiger partial charge in [0.15, 0.2) is 0 Å². The Morgan fingerprint density at radius 2 is 0.568 bits per heavy atom. The summed E-state index contributed by atoms with van der Waals surface area (Å²) in [6.45, 7) is 0. The van der Waals surface area contributed by atoms with Gasteiger partial charge in [0.25, 0.3) is 0 Å². The topological polar surface area (TPSA) is 428 Å². The molecular weight excluding hydrogens is 695 g/mol. The van der Waals surface area contributed by atoms with Crippen molar-refractivity contribution >= 4 is 54.3 Å². The SMILES string of the molecule is O=C([O-])CP(=O)(O)OO.O=C([O-])CP(=O)(O)OO.O=C([O-])CP(=O)(O)OO.O=C([O-])CP(=O)(O)OO.[Zr+4]. The average molecular weight is 711 g/mol. The van der Waals surface area contributed by atoms with E-state index in [1.807, 2.05) is 0 Å². The van der Waals surface area contributed by atoms with Gasteiger partial charge in [0.1, 0.15) is 0 Å². The maximum Gasteiger partial charge on any atom is 4.00 e. The van der Waals surface area contributed by atoms with Crippen molar-refractivity contribution in [2.24, 2.45) is 0 Å². The molecule has 216 valence electrons. The number of carbonyl (C=O) groups excluding carboxylic acids is 4. The monoisotopic (exact) mass is 710 g/mol. The van der Waals surface area contributed by atoms with Crippen molar-refractivity contribution in [1.29, 1.82) is 0 Å². The molecule has 0 fully saturated rings. The van der Waals surface area contributed by atoms with Gasteiger partial charge in [0.2, 0.25) is 0 Å². The fourth-order valence-electron chi connectivity index (χ4n) is 0.768. The molecule has 24 nitrogen and oxygen atoms in total. The molecule has 0 amide bonds. The Bertz CT molecular complexity index is 755. The van der Waals surface area contributed by atoms with E-state index in [1.54, 1.807) is 0 Å². The van der Waals surface area contributed by atoms with Gasteiger partial charge in [0.05, 0.1) is 48.5 Å². The van der Waals surface area contributed by atoms with Crippen LogP contribution in [0.25, 0.3) is 0 Å². The van der Waals surface area contributed by atoms with Crippen LogP contribution in [-0.4, -0.2) is 89.1 Å². The molecule has 0 bridgehead atoms. The van der Waals surface area contributed by atoms with Crippen LogP contribution in [0.15, 0.2) is 0 Å². The molecule has 0 aliphatic heterocycles. The molecule has 0 aromatic carbocycles. The van der Waals surface area contributed by atoms with Gasteiger partial charge in [-0.15, -0.1) is 0 Å². The molecule has 0 aromatic rings. The van der Waals surface area contributed by atoms with Crippen molar-refractivity contribution in [2.75, 3.05) is 24.6 Å². The smallest absolute Gasteiger partial charge is 0.549 e. The van der Waals surface area contributed by atoms with Crippen LogP contribution in [0.1, 0.15) is 0 Å². The zero-order chi connectivity index (χ0) is 30.0. The molecule has 0 aliphatic carbocycles. The van der Waals surface area contributed by atoms with Crippen LogP contribution in [0.2, 0.25) is 0 Å². The fraction of sp³-hybridized carbons (Fsp3) is 0.500. The molecule has 37 heavy (non-hydrogen) atoms. The fourth-order valence-corrected chi connectivity index (χ4v) is 2.30. The number of hydrogen-bond donors (Lipinski definition) is 8. The number of hydrogen-bond acceptors (Lipinski definition) is 20. The number of carbonyl (C=O) groups is 4. The molecule has 8 N–H and O–H groups in total. The summed E-state index contributed by atoms with van der Waals surface area (Å²) in [6, 6.07) is 0. The van der Waals surface area contributed by atoms with Crippen molar-refractivity contribution in [2.45, 2.75) is 0 Å². The third-order valence-corrected chi connectivity index (χ3v) is 5.48. The van der Waals surface area contributed by atoms with Gasteiger partial charge >= 0.3 is 56.6 Å². The first-order valence-electron chi connectivity index (χ1n) is 7.30. The molecule has 0 saturated heterocycles. The van der Waals surface area contributed by atoms with Crippen molar-refractivity contribution in [1.82, 2.24) is 0 Å². The molecule has 0 saturated carbocycles. The Labute approximate surface area is 222 Å². The third-order valence-electron chi connectivity index (χ3n) is 1.83. The van der Waals surface area contributed by atoms with E-state index in [2.05, 4.69) is 18.7 Å². The summed E-state index contributed by atoms with van der Waals surface area (Å²) >= 11 is 0. The minimum absolute atomic E-state index is 0. The minimum Gasteiger partial charge on any atom is -0.549 e. The first-order chi connectivity index (χ1) is 15.9. The van der Waals surface area contributed by atoms with Crippen LogP contribution in [-0.2, 0) is 82.3 Å². The Morgan fingerprint density at radius 3 is 0.595 bits per heavy atom. The maximum absolute atomic E-state index is 10.1. The van der Waals surface area contributed by atoms with Crippen molar-refractivity contribution < 1.29 is 143 Å². The molecule has 0 aromatic heterocycles. The van der Waals surface area contributed by atoms with Gasteiger partial charge in [-0.25, -0.2) is 21.0 Å². The van der Waals surface area contributed by atoms with Crippen LogP contribution in [0, 0.1) is 0 Å². The predicted molar refractivity (Wildman–Crippen MR) is 93.7 cm³/mol. The van der Waals surface area contributed by atoms with Gasteiger partial charge in [-0.3, -0.25) is 18.3 Å². The van der Waals surface area contributed by atoms with E-state index in [4.69, 9.17) is 40.6 Å². The van der Waals surface area contributed by atoms with Crippen molar-refractivity contribution in [3.05, 3.63) is 0 Å². The number of aliphatic carboxylic acids is 4. The molecule has 0 spiro atoms. The number of carboxylic acid groups (broad SMARTS) is 4. The zero-order valence-corrected chi connectivity index (χ0v) is 23.3. The maximum atomic E-state index is 10.1. The second-order valence-corrected chi connectivity index (χ2v) is 12.0. The minimum atomic E-state index is -4.34. The van der Waals surface area contributed by atoms with Gasteiger partial charge in [0, 0.05) is 0 Å². The molecule has 0 aliphatic rings. The average Bonchev–Trinajstić information content (AvgIpc) is 2.66. The number of rotatable bonds is 12. The zero-order valence-electron chi connectivity index (χ0n) is 17.2. The first-order valence-corrected chi connectivity index (χ1v) is 14.4. The van der Waals surface area contributed by atoms with E-state index in [-0.39, 0.29) is 26.2 Å². The summed E-state index contributed by atoms with van der Waals surface area (Å²) < 4.78 is 52.0. The summed E-state index contributed by atoms with van der Waals surface area (Å²) in [5.74, 6) is -7.02. The summed E-state index contributed by atoms with van der Waals surface area (Å²) in [7, 11) is -17.3. The van der Waals surface area contributed by atoms with Gasteiger partial charge < -0.3 is 59.2 Å². The largest absolute Gasteiger partial charge is 4.00 e. The number of carboxylic acids is 4. The first kappa shape index (κ1) is 46.1. The normalized spacial score (nSPS) is 16.2. The molecule has 0 rings (SSSR count). The third kappa shape index (κ3) is 39.9. The van der Waals surface area contributed by atoms with Crippen LogP contribution >= 0.6 is 30.4 Å². The Hall–Kier alpha value is -0.797. The van der Waals surface area contributed by atoms with E-state index in [9.17, 15) is 57.9 Å². The van der Waals surface area contributed by atoms with Gasteiger partial charge in [-0.1, -0.05) is 0 Å². The summed E-state index contributed by atoms with van der Waals surface area (Å²) in [5, 5.41) is 68.3. The van der Waals surface area contributed by atoms with E-state index in [1.165, 1.54) is 0 Å². The van der Waals surface area contributed by atoms with Crippen LogP contribution in [0.5, 0.6) is 0 Å². The molecular formula is C8H16O24P4Zr. The van der Waals surface area contributed by atoms with Gasteiger partial charge in [-0.2, -0.15) is 18.7 Å². The molecule has 4 atom stereocenters. The quantitative estimate of drug-likeness (QED) is 0.0530. The Kier molecular flexibility index (Phi) is 27.5. The summed E-state index contributed by atoms with van der Waals surface area (Å²) in [5.41, 5.74) is 0. The summed E-state index contributed by atoms with van der Waals surface area (Å²) in [4.78, 5) is 70.8. The Balaban J connectivity index is -0.000000122. The van der Waals surface area contributed by atoms with Gasteiger partial charge in [-0.05, 0) is 0 Å². The second-order valence-electron chi connectivity index (χ2n) is 5.00. The Morgan fingerprint density at radius 1 is 0.459 bits per heavy atom. The second kappa shape index (κ2) is 22.1. The molecule has 0 heterocycles. The van der Waals surface area contributed by atoms with E-state index < -0.39 is 78.9 Å². The standard InChI is InChI=1S/4C2H5O6P.Zr/c4*3-2(4)1-9(6,7)8-5;/h4*5H,1H2,(H,3,4)(H,6,7);/q;;;;+4/p-4. The van der Waals surface area contributed by atoms with E-state index >= 15 is 0 Å². The van der Waals surface area contributed by atoms with E-state index in [0.29, 0.717) is 0 Å². The van der Waals surface area contributed by atoms with Crippen LogP contribution in [0.4, 0.5) is 0 Å². The van der Waals surface area contributed by atoms with E-state index in [0.717, 1.165) is 0 Å². The predicted octanol–water partition coefficient (Wildman–Crippen LogP) is -6.36. The summed E-state index contributed by atoms with van der Waals surface area (Å²) in [6.07, 6.45) is -4.82. The van der Waals surface area contributed by atoms with Crippen molar-refractivity contribution in [3.63, 3.8) is 0 Å². The van der Waals surface area contributed by atoms with Crippen molar-refractivity contribution in [3.8, 4) is 0 Å². The molecule has 4 unspecified atom stereocenters. The van der Waals surface area contributed by atoms with Crippen LogP contribution in [0.3, 0.4) is 0 Å².